The highest BCUT2D eigenvalue weighted by Gasteiger charge is 2.27. The van der Waals surface area contributed by atoms with E-state index in [1.807, 2.05) is 38.1 Å². The van der Waals surface area contributed by atoms with Crippen LogP contribution in [0.2, 0.25) is 0 Å². The zero-order chi connectivity index (χ0) is 21.7. The van der Waals surface area contributed by atoms with E-state index in [2.05, 4.69) is 5.32 Å². The smallest absolute Gasteiger partial charge is 0.252 e. The van der Waals surface area contributed by atoms with E-state index in [1.54, 1.807) is 19.2 Å². The van der Waals surface area contributed by atoms with Crippen molar-refractivity contribution in [3.8, 4) is 5.75 Å². The SMILES string of the molecule is CC[C@H](NC(=O)c1cc(S(=O)(=O)N2CCCCC2)ccc1C)c1ccc(OC)cc1. The molecular weight excluding hydrogens is 400 g/mol. The van der Waals surface area contributed by atoms with E-state index in [0.29, 0.717) is 25.1 Å². The number of carbonyl (C=O) groups excluding carboxylic acids is 1. The van der Waals surface area contributed by atoms with Crippen LogP contribution in [0.25, 0.3) is 0 Å². The molecule has 0 aliphatic carbocycles. The number of rotatable bonds is 7. The van der Waals surface area contributed by atoms with Crippen molar-refractivity contribution < 1.29 is 17.9 Å². The van der Waals surface area contributed by atoms with Gasteiger partial charge in [0, 0.05) is 18.7 Å². The summed E-state index contributed by atoms with van der Waals surface area (Å²) in [5, 5.41) is 3.05. The second-order valence-electron chi connectivity index (χ2n) is 7.65. The lowest BCUT2D eigenvalue weighted by molar-refractivity contribution is 0.0934. The van der Waals surface area contributed by atoms with Gasteiger partial charge in [-0.1, -0.05) is 31.5 Å². The minimum absolute atomic E-state index is 0.176. The van der Waals surface area contributed by atoms with Gasteiger partial charge in [0.1, 0.15) is 5.75 Å². The highest BCUT2D eigenvalue weighted by molar-refractivity contribution is 7.89. The number of hydrogen-bond donors (Lipinski definition) is 1. The molecule has 1 N–H and O–H groups in total. The van der Waals surface area contributed by atoms with E-state index in [9.17, 15) is 13.2 Å². The van der Waals surface area contributed by atoms with Crippen LogP contribution in [0.15, 0.2) is 47.4 Å². The second-order valence-corrected chi connectivity index (χ2v) is 9.59. The number of benzene rings is 2. The quantitative estimate of drug-likeness (QED) is 0.719. The Labute approximate surface area is 179 Å². The van der Waals surface area contributed by atoms with Gasteiger partial charge in [-0.05, 0) is 61.6 Å². The first-order chi connectivity index (χ1) is 14.4. The lowest BCUT2D eigenvalue weighted by Gasteiger charge is -2.26. The van der Waals surface area contributed by atoms with Crippen molar-refractivity contribution in [1.82, 2.24) is 9.62 Å². The number of nitrogens with zero attached hydrogens (tertiary/aromatic N) is 1. The summed E-state index contributed by atoms with van der Waals surface area (Å²) >= 11 is 0. The van der Waals surface area contributed by atoms with Crippen molar-refractivity contribution in [3.63, 3.8) is 0 Å². The molecular formula is C23H30N2O4S. The summed E-state index contributed by atoms with van der Waals surface area (Å²) in [5.41, 5.74) is 2.11. The normalized spacial score (nSPS) is 16.1. The Hall–Kier alpha value is -2.38. The van der Waals surface area contributed by atoms with Crippen molar-refractivity contribution in [2.24, 2.45) is 0 Å². The van der Waals surface area contributed by atoms with E-state index in [0.717, 1.165) is 36.1 Å². The summed E-state index contributed by atoms with van der Waals surface area (Å²) in [6.07, 6.45) is 3.51. The topological polar surface area (TPSA) is 75.7 Å². The van der Waals surface area contributed by atoms with Gasteiger partial charge in [0.15, 0.2) is 0 Å². The largest absolute Gasteiger partial charge is 0.497 e. The zero-order valence-corrected chi connectivity index (χ0v) is 18.7. The van der Waals surface area contributed by atoms with E-state index >= 15 is 0 Å². The van der Waals surface area contributed by atoms with Gasteiger partial charge in [0.05, 0.1) is 18.0 Å². The van der Waals surface area contributed by atoms with E-state index in [-0.39, 0.29) is 16.8 Å². The first-order valence-corrected chi connectivity index (χ1v) is 11.9. The molecule has 0 radical (unpaired) electrons. The molecule has 3 rings (SSSR count). The molecule has 0 aromatic heterocycles. The fourth-order valence-corrected chi connectivity index (χ4v) is 5.30. The standard InChI is InChI=1S/C23H30N2O4S/c1-4-22(18-9-11-19(29-3)12-10-18)24-23(26)21-16-20(13-8-17(21)2)30(27,28)25-14-6-5-7-15-25/h8-13,16,22H,4-7,14-15H2,1-3H3,(H,24,26)/t22-/m0/s1. The summed E-state index contributed by atoms with van der Waals surface area (Å²) in [6, 6.07) is 12.2. The van der Waals surface area contributed by atoms with Crippen LogP contribution in [0.3, 0.4) is 0 Å². The Bertz CT molecular complexity index is 981. The van der Waals surface area contributed by atoms with Gasteiger partial charge < -0.3 is 10.1 Å². The van der Waals surface area contributed by atoms with Crippen LogP contribution in [0.4, 0.5) is 0 Å². The maximum absolute atomic E-state index is 13.0. The van der Waals surface area contributed by atoms with Gasteiger partial charge in [-0.2, -0.15) is 4.31 Å². The number of aryl methyl sites for hydroxylation is 1. The van der Waals surface area contributed by atoms with Gasteiger partial charge in [-0.25, -0.2) is 8.42 Å². The maximum Gasteiger partial charge on any atom is 0.252 e. The fourth-order valence-electron chi connectivity index (χ4n) is 3.75. The summed E-state index contributed by atoms with van der Waals surface area (Å²) in [4.78, 5) is 13.2. The van der Waals surface area contributed by atoms with Crippen molar-refractivity contribution in [3.05, 3.63) is 59.2 Å². The number of piperidine rings is 1. The molecule has 2 aromatic rings. The van der Waals surface area contributed by atoms with E-state index in [1.165, 1.54) is 10.4 Å². The summed E-state index contributed by atoms with van der Waals surface area (Å²) in [7, 11) is -1.98. The molecule has 1 atom stereocenters. The number of carbonyl (C=O) groups is 1. The third kappa shape index (κ3) is 4.84. The number of methoxy groups -OCH3 is 1. The van der Waals surface area contributed by atoms with Gasteiger partial charge in [0.25, 0.3) is 5.91 Å². The molecule has 30 heavy (non-hydrogen) atoms. The Balaban J connectivity index is 1.83. The molecule has 7 heteroatoms. The van der Waals surface area contributed by atoms with Gasteiger partial charge in [-0.15, -0.1) is 0 Å². The van der Waals surface area contributed by atoms with Gasteiger partial charge in [-0.3, -0.25) is 4.79 Å². The third-order valence-corrected chi connectivity index (χ3v) is 7.53. The average molecular weight is 431 g/mol. The van der Waals surface area contributed by atoms with Gasteiger partial charge in [0.2, 0.25) is 10.0 Å². The predicted octanol–water partition coefficient (Wildman–Crippen LogP) is 4.06. The van der Waals surface area contributed by atoms with Crippen molar-refractivity contribution >= 4 is 15.9 Å². The molecule has 1 fully saturated rings. The molecule has 1 heterocycles. The summed E-state index contributed by atoms with van der Waals surface area (Å²) in [6.45, 7) is 4.89. The number of ether oxygens (including phenoxy) is 1. The molecule has 0 bridgehead atoms. The third-order valence-electron chi connectivity index (χ3n) is 5.64. The summed E-state index contributed by atoms with van der Waals surface area (Å²) in [5.74, 6) is 0.484. The Kier molecular flexibility index (Phi) is 7.15. The maximum atomic E-state index is 13.0. The number of nitrogens with one attached hydrogen (secondary N) is 1. The molecule has 162 valence electrons. The minimum Gasteiger partial charge on any atom is -0.497 e. The Morgan fingerprint density at radius 1 is 1.10 bits per heavy atom. The number of sulfonamides is 1. The van der Waals surface area contributed by atoms with Crippen LogP contribution in [0.1, 0.15) is 60.1 Å². The molecule has 1 aliphatic rings. The van der Waals surface area contributed by atoms with Crippen LogP contribution < -0.4 is 10.1 Å². The van der Waals surface area contributed by atoms with Crippen molar-refractivity contribution in [1.29, 1.82) is 0 Å². The fraction of sp³-hybridized carbons (Fsp3) is 0.435. The minimum atomic E-state index is -3.59. The molecule has 1 amide bonds. The zero-order valence-electron chi connectivity index (χ0n) is 17.8. The average Bonchev–Trinajstić information content (AvgIpc) is 2.78. The predicted molar refractivity (Wildman–Crippen MR) is 117 cm³/mol. The van der Waals surface area contributed by atoms with Crippen LogP contribution in [-0.2, 0) is 10.0 Å². The second kappa shape index (κ2) is 9.62. The van der Waals surface area contributed by atoms with Crippen LogP contribution in [0.5, 0.6) is 5.75 Å². The van der Waals surface area contributed by atoms with Gasteiger partial charge >= 0.3 is 0 Å². The molecule has 0 unspecified atom stereocenters. The van der Waals surface area contributed by atoms with Crippen molar-refractivity contribution in [2.75, 3.05) is 20.2 Å². The number of amides is 1. The molecule has 1 saturated heterocycles. The Morgan fingerprint density at radius 3 is 2.37 bits per heavy atom. The molecule has 6 nitrogen and oxygen atoms in total. The van der Waals surface area contributed by atoms with E-state index in [4.69, 9.17) is 4.74 Å². The lowest BCUT2D eigenvalue weighted by atomic mass is 10.0. The number of hydrogen-bond acceptors (Lipinski definition) is 4. The molecule has 0 saturated carbocycles. The first-order valence-electron chi connectivity index (χ1n) is 10.4. The monoisotopic (exact) mass is 430 g/mol. The highest BCUT2D eigenvalue weighted by Crippen LogP contribution is 2.24. The van der Waals surface area contributed by atoms with Crippen LogP contribution >= 0.6 is 0 Å². The van der Waals surface area contributed by atoms with E-state index < -0.39 is 10.0 Å². The van der Waals surface area contributed by atoms with Crippen LogP contribution in [0, 0.1) is 6.92 Å². The first kappa shape index (κ1) is 22.3. The van der Waals surface area contributed by atoms with Crippen LogP contribution in [-0.4, -0.2) is 38.8 Å². The molecule has 0 spiro atoms. The Morgan fingerprint density at radius 2 is 1.77 bits per heavy atom. The summed E-state index contributed by atoms with van der Waals surface area (Å²) < 4.78 is 32.8. The highest BCUT2D eigenvalue weighted by atomic mass is 32.2. The van der Waals surface area contributed by atoms with Crippen molar-refractivity contribution in [2.45, 2.75) is 50.5 Å². The molecule has 1 aliphatic heterocycles. The lowest BCUT2D eigenvalue weighted by Crippen LogP contribution is -2.36. The molecule has 2 aromatic carbocycles.